The van der Waals surface area contributed by atoms with Crippen LogP contribution in [0.1, 0.15) is 11.1 Å². The van der Waals surface area contributed by atoms with Crippen molar-refractivity contribution in [1.29, 1.82) is 0 Å². The van der Waals surface area contributed by atoms with Gasteiger partial charge < -0.3 is 7.97 Å². The zero-order valence-electron chi connectivity index (χ0n) is 11.2. The number of aromatic nitrogens is 1. The summed E-state index contributed by atoms with van der Waals surface area (Å²) in [7, 11) is 2.10. The topological polar surface area (TPSA) is 25.4 Å². The van der Waals surface area contributed by atoms with E-state index in [1.54, 1.807) is 0 Å². The minimum atomic E-state index is 0.745. The van der Waals surface area contributed by atoms with Crippen molar-refractivity contribution in [3.63, 3.8) is 0 Å². The Morgan fingerprint density at radius 1 is 1.25 bits per heavy atom. The molecule has 5 heteroatoms. The fraction of sp³-hybridized carbons (Fsp3) is 0.267. The first-order chi connectivity index (χ1) is 9.69. The molecule has 2 rings (SSSR count). The average Bonchev–Trinajstić information content (AvgIpc) is 2.48. The molecule has 0 aliphatic heterocycles. The molecule has 2 aromatic rings. The molecule has 0 N–H and O–H groups in total. The standard InChI is InChI=1S/C15H16ClIN2O/c1-19(9-6-12-4-7-18-8-5-12)11-13-2-3-14(20-17)10-15(13)16/h2-5,7-8,10H,6,9,11H2,1H3. The monoisotopic (exact) mass is 402 g/mol. The molecular formula is C15H16ClIN2O. The van der Waals surface area contributed by atoms with Gasteiger partial charge in [0.05, 0.1) is 0 Å². The fourth-order valence-electron chi connectivity index (χ4n) is 1.94. The van der Waals surface area contributed by atoms with Gasteiger partial charge in [-0.15, -0.1) is 0 Å². The lowest BCUT2D eigenvalue weighted by molar-refractivity contribution is 0.331. The van der Waals surface area contributed by atoms with E-state index in [4.69, 9.17) is 14.7 Å². The van der Waals surface area contributed by atoms with E-state index in [0.29, 0.717) is 0 Å². The van der Waals surface area contributed by atoms with Gasteiger partial charge in [-0.05, 0) is 42.8 Å². The van der Waals surface area contributed by atoms with Crippen LogP contribution in [0.2, 0.25) is 5.02 Å². The number of hydrogen-bond acceptors (Lipinski definition) is 3. The number of hydrogen-bond donors (Lipinski definition) is 0. The lowest BCUT2D eigenvalue weighted by atomic mass is 10.1. The fourth-order valence-corrected chi connectivity index (χ4v) is 2.45. The highest BCUT2D eigenvalue weighted by atomic mass is 127. The van der Waals surface area contributed by atoms with Crippen LogP contribution in [-0.2, 0) is 13.0 Å². The molecule has 20 heavy (non-hydrogen) atoms. The van der Waals surface area contributed by atoms with Gasteiger partial charge in [-0.2, -0.15) is 0 Å². The first-order valence-corrected chi connectivity index (χ1v) is 7.59. The highest BCUT2D eigenvalue weighted by Crippen LogP contribution is 2.24. The van der Waals surface area contributed by atoms with Crippen molar-refractivity contribution in [2.45, 2.75) is 13.0 Å². The molecule has 3 nitrogen and oxygen atoms in total. The molecule has 0 spiro atoms. The van der Waals surface area contributed by atoms with Crippen LogP contribution in [0.25, 0.3) is 0 Å². The molecule has 0 saturated heterocycles. The minimum absolute atomic E-state index is 0.745. The van der Waals surface area contributed by atoms with Crippen LogP contribution in [0.15, 0.2) is 42.7 Å². The second-order valence-corrected chi connectivity index (χ2v) is 5.52. The lowest BCUT2D eigenvalue weighted by Gasteiger charge is -2.17. The molecule has 0 fully saturated rings. The smallest absolute Gasteiger partial charge is 0.192 e. The molecule has 1 heterocycles. The summed E-state index contributed by atoms with van der Waals surface area (Å²) < 4.78 is 5.13. The van der Waals surface area contributed by atoms with Crippen molar-refractivity contribution in [2.75, 3.05) is 13.6 Å². The van der Waals surface area contributed by atoms with Crippen molar-refractivity contribution in [3.05, 3.63) is 58.9 Å². The highest BCUT2D eigenvalue weighted by molar-refractivity contribution is 14.1. The maximum atomic E-state index is 6.25. The van der Waals surface area contributed by atoms with E-state index in [1.165, 1.54) is 5.56 Å². The van der Waals surface area contributed by atoms with E-state index in [2.05, 4.69) is 16.9 Å². The molecule has 0 amide bonds. The van der Waals surface area contributed by atoms with Crippen molar-refractivity contribution in [2.24, 2.45) is 0 Å². The van der Waals surface area contributed by atoms with Gasteiger partial charge in [0, 0.05) is 36.6 Å². The molecule has 1 aromatic carbocycles. The third-order valence-corrected chi connectivity index (χ3v) is 3.95. The van der Waals surface area contributed by atoms with Crippen LogP contribution < -0.4 is 3.07 Å². The maximum Gasteiger partial charge on any atom is 0.192 e. The van der Waals surface area contributed by atoms with E-state index < -0.39 is 0 Å². The molecule has 0 radical (unpaired) electrons. The molecule has 0 aliphatic carbocycles. The molecule has 0 saturated carbocycles. The first kappa shape index (κ1) is 15.5. The molecular weight excluding hydrogens is 387 g/mol. The van der Waals surface area contributed by atoms with Gasteiger partial charge in [-0.25, -0.2) is 0 Å². The Morgan fingerprint density at radius 3 is 2.65 bits per heavy atom. The third-order valence-electron chi connectivity index (χ3n) is 3.09. The Kier molecular flexibility index (Phi) is 6.06. The van der Waals surface area contributed by atoms with E-state index in [1.807, 2.05) is 65.7 Å². The van der Waals surface area contributed by atoms with Gasteiger partial charge >= 0.3 is 0 Å². The second-order valence-electron chi connectivity index (χ2n) is 4.67. The summed E-state index contributed by atoms with van der Waals surface area (Å²) in [5.41, 5.74) is 2.41. The van der Waals surface area contributed by atoms with Gasteiger partial charge in [-0.1, -0.05) is 17.7 Å². The van der Waals surface area contributed by atoms with E-state index in [-0.39, 0.29) is 0 Å². The Hall–Kier alpha value is -0.850. The summed E-state index contributed by atoms with van der Waals surface area (Å²) in [6, 6.07) is 9.89. The Labute approximate surface area is 138 Å². The summed E-state index contributed by atoms with van der Waals surface area (Å²) >= 11 is 8.10. The maximum absolute atomic E-state index is 6.25. The van der Waals surface area contributed by atoms with Gasteiger partial charge in [0.25, 0.3) is 0 Å². The van der Waals surface area contributed by atoms with Crippen LogP contribution in [0.5, 0.6) is 5.75 Å². The predicted molar refractivity (Wildman–Crippen MR) is 90.4 cm³/mol. The molecule has 0 aliphatic rings. The highest BCUT2D eigenvalue weighted by Gasteiger charge is 2.06. The first-order valence-electron chi connectivity index (χ1n) is 6.33. The van der Waals surface area contributed by atoms with Crippen molar-refractivity contribution in [3.8, 4) is 5.75 Å². The predicted octanol–water partition coefficient (Wildman–Crippen LogP) is 4.14. The van der Waals surface area contributed by atoms with Crippen LogP contribution in [0, 0.1) is 0 Å². The van der Waals surface area contributed by atoms with Crippen LogP contribution >= 0.6 is 34.6 Å². The van der Waals surface area contributed by atoms with Crippen molar-refractivity contribution < 1.29 is 3.07 Å². The van der Waals surface area contributed by atoms with Gasteiger partial charge in [0.1, 0.15) is 5.75 Å². The minimum Gasteiger partial charge on any atom is -0.428 e. The van der Waals surface area contributed by atoms with Crippen molar-refractivity contribution in [1.82, 2.24) is 9.88 Å². The summed E-state index contributed by atoms with van der Waals surface area (Å²) in [6.45, 7) is 1.80. The quantitative estimate of drug-likeness (QED) is 0.679. The number of nitrogens with zero attached hydrogens (tertiary/aromatic N) is 2. The zero-order chi connectivity index (χ0) is 14.4. The largest absolute Gasteiger partial charge is 0.428 e. The normalized spacial score (nSPS) is 10.8. The second kappa shape index (κ2) is 7.81. The number of rotatable bonds is 6. The van der Waals surface area contributed by atoms with Crippen LogP contribution in [-0.4, -0.2) is 23.5 Å². The zero-order valence-corrected chi connectivity index (χ0v) is 14.1. The molecule has 1 aromatic heterocycles. The Bertz CT molecular complexity index is 551. The van der Waals surface area contributed by atoms with E-state index in [0.717, 1.165) is 35.8 Å². The summed E-state index contributed by atoms with van der Waals surface area (Å²) in [4.78, 5) is 6.28. The summed E-state index contributed by atoms with van der Waals surface area (Å²) in [5.74, 6) is 0.777. The van der Waals surface area contributed by atoms with Gasteiger partial charge in [-0.3, -0.25) is 4.98 Å². The van der Waals surface area contributed by atoms with Crippen LogP contribution in [0.3, 0.4) is 0 Å². The van der Waals surface area contributed by atoms with Crippen LogP contribution in [0.4, 0.5) is 0 Å². The van der Waals surface area contributed by atoms with E-state index in [9.17, 15) is 0 Å². The number of benzene rings is 1. The van der Waals surface area contributed by atoms with Gasteiger partial charge in [0.15, 0.2) is 23.0 Å². The molecule has 0 bridgehead atoms. The molecule has 0 unspecified atom stereocenters. The third kappa shape index (κ3) is 4.61. The number of pyridine rings is 1. The SMILES string of the molecule is CN(CCc1ccncc1)Cc1ccc(OI)cc1Cl. The Balaban J connectivity index is 1.89. The average molecular weight is 403 g/mol. The van der Waals surface area contributed by atoms with Crippen molar-refractivity contribution >= 4 is 34.6 Å². The Morgan fingerprint density at radius 2 is 2.00 bits per heavy atom. The van der Waals surface area contributed by atoms with E-state index >= 15 is 0 Å². The molecule has 0 atom stereocenters. The van der Waals surface area contributed by atoms with Gasteiger partial charge in [0.2, 0.25) is 0 Å². The summed E-state index contributed by atoms with van der Waals surface area (Å²) in [5, 5.41) is 0.745. The summed E-state index contributed by atoms with van der Waals surface area (Å²) in [6.07, 6.45) is 4.66. The number of likely N-dealkylation sites (N-methyl/N-ethyl adjacent to an activating group) is 1. The number of halogens is 2. The lowest BCUT2D eigenvalue weighted by Crippen LogP contribution is -2.20. The molecule has 106 valence electrons.